The van der Waals surface area contributed by atoms with Crippen LogP contribution in [0.15, 0.2) is 40.9 Å². The van der Waals surface area contributed by atoms with Crippen molar-refractivity contribution in [1.82, 2.24) is 5.32 Å². The predicted octanol–water partition coefficient (Wildman–Crippen LogP) is 5.54. The summed E-state index contributed by atoms with van der Waals surface area (Å²) in [6.07, 6.45) is 7.69. The molecule has 0 spiro atoms. The highest BCUT2D eigenvalue weighted by Gasteiger charge is 1.99. The molecule has 0 aromatic heterocycles. The fraction of sp³-hybridized carbons (Fsp3) is 0.474. The quantitative estimate of drug-likeness (QED) is 0.559. The lowest BCUT2D eigenvalue weighted by molar-refractivity contribution is 0.304. The van der Waals surface area contributed by atoms with Crippen LogP contribution in [0.25, 0.3) is 10.8 Å². The fourth-order valence-corrected chi connectivity index (χ4v) is 2.96. The standard InChI is InChI=1S/C19H26BrNO/c1-21-12-6-4-2-3-5-7-13-22-19-11-9-16-14-18(20)10-8-17(16)15-19/h8-11,14-15,21H,2-7,12-13H2,1H3. The Morgan fingerprint density at radius 2 is 1.55 bits per heavy atom. The number of hydrogen-bond donors (Lipinski definition) is 1. The van der Waals surface area contributed by atoms with E-state index in [0.29, 0.717) is 0 Å². The zero-order valence-corrected chi connectivity index (χ0v) is 15.0. The summed E-state index contributed by atoms with van der Waals surface area (Å²) in [6.45, 7) is 1.96. The zero-order chi connectivity index (χ0) is 15.6. The molecule has 2 rings (SSSR count). The molecule has 120 valence electrons. The van der Waals surface area contributed by atoms with Gasteiger partial charge in [0.25, 0.3) is 0 Å². The maximum Gasteiger partial charge on any atom is 0.119 e. The van der Waals surface area contributed by atoms with E-state index in [2.05, 4.69) is 57.6 Å². The van der Waals surface area contributed by atoms with Gasteiger partial charge in [-0.2, -0.15) is 0 Å². The van der Waals surface area contributed by atoms with Crippen molar-refractivity contribution in [2.24, 2.45) is 0 Å². The zero-order valence-electron chi connectivity index (χ0n) is 13.4. The molecule has 0 aliphatic carbocycles. The van der Waals surface area contributed by atoms with Gasteiger partial charge in [0.05, 0.1) is 6.61 Å². The van der Waals surface area contributed by atoms with Crippen LogP contribution in [0.5, 0.6) is 5.75 Å². The molecule has 2 aromatic rings. The van der Waals surface area contributed by atoms with E-state index in [1.807, 2.05) is 7.05 Å². The lowest BCUT2D eigenvalue weighted by Crippen LogP contribution is -2.06. The Balaban J connectivity index is 1.64. The van der Waals surface area contributed by atoms with Crippen LogP contribution < -0.4 is 10.1 Å². The smallest absolute Gasteiger partial charge is 0.119 e. The minimum atomic E-state index is 0.818. The van der Waals surface area contributed by atoms with E-state index >= 15 is 0 Å². The Labute approximate surface area is 142 Å². The maximum absolute atomic E-state index is 5.87. The lowest BCUT2D eigenvalue weighted by atomic mass is 10.1. The van der Waals surface area contributed by atoms with E-state index in [1.165, 1.54) is 42.9 Å². The molecule has 0 aliphatic heterocycles. The van der Waals surface area contributed by atoms with Crippen LogP contribution in [-0.2, 0) is 0 Å². The normalized spacial score (nSPS) is 11.0. The van der Waals surface area contributed by atoms with E-state index in [9.17, 15) is 0 Å². The van der Waals surface area contributed by atoms with E-state index < -0.39 is 0 Å². The first-order valence-electron chi connectivity index (χ1n) is 8.26. The lowest BCUT2D eigenvalue weighted by Gasteiger charge is -2.08. The van der Waals surface area contributed by atoms with Crippen molar-refractivity contribution in [2.45, 2.75) is 38.5 Å². The first-order chi connectivity index (χ1) is 10.8. The van der Waals surface area contributed by atoms with Crippen LogP contribution in [0.1, 0.15) is 38.5 Å². The second kappa shape index (κ2) is 9.86. The van der Waals surface area contributed by atoms with Gasteiger partial charge in [-0.05, 0) is 61.5 Å². The second-order valence-corrected chi connectivity index (χ2v) is 6.64. The molecule has 0 aliphatic rings. The van der Waals surface area contributed by atoms with Gasteiger partial charge < -0.3 is 10.1 Å². The summed E-state index contributed by atoms with van der Waals surface area (Å²) in [7, 11) is 2.02. The van der Waals surface area contributed by atoms with E-state index in [-0.39, 0.29) is 0 Å². The van der Waals surface area contributed by atoms with Gasteiger partial charge in [0.2, 0.25) is 0 Å². The molecule has 2 aromatic carbocycles. The first kappa shape index (κ1) is 17.3. The van der Waals surface area contributed by atoms with Gasteiger partial charge in [0, 0.05) is 4.47 Å². The molecule has 0 radical (unpaired) electrons. The molecule has 0 bridgehead atoms. The monoisotopic (exact) mass is 363 g/mol. The van der Waals surface area contributed by atoms with Gasteiger partial charge >= 0.3 is 0 Å². The molecule has 0 atom stereocenters. The van der Waals surface area contributed by atoms with Gasteiger partial charge in [-0.25, -0.2) is 0 Å². The molecule has 22 heavy (non-hydrogen) atoms. The largest absolute Gasteiger partial charge is 0.494 e. The van der Waals surface area contributed by atoms with Crippen LogP contribution in [0.2, 0.25) is 0 Å². The molecule has 3 heteroatoms. The number of rotatable bonds is 10. The van der Waals surface area contributed by atoms with Crippen molar-refractivity contribution in [3.8, 4) is 5.75 Å². The number of ether oxygens (including phenoxy) is 1. The van der Waals surface area contributed by atoms with E-state index in [0.717, 1.165) is 29.8 Å². The number of benzene rings is 2. The molecular formula is C19H26BrNO. The third kappa shape index (κ3) is 5.98. The summed E-state index contributed by atoms with van der Waals surface area (Å²) in [5, 5.41) is 5.66. The minimum Gasteiger partial charge on any atom is -0.494 e. The molecule has 0 fully saturated rings. The van der Waals surface area contributed by atoms with Crippen molar-refractivity contribution in [1.29, 1.82) is 0 Å². The van der Waals surface area contributed by atoms with Crippen molar-refractivity contribution in [3.63, 3.8) is 0 Å². The van der Waals surface area contributed by atoms with E-state index in [1.54, 1.807) is 0 Å². The number of halogens is 1. The maximum atomic E-state index is 5.87. The molecule has 2 nitrogen and oxygen atoms in total. The molecule has 0 saturated heterocycles. The van der Waals surface area contributed by atoms with Crippen molar-refractivity contribution < 1.29 is 4.74 Å². The highest BCUT2D eigenvalue weighted by Crippen LogP contribution is 2.24. The Morgan fingerprint density at radius 3 is 2.36 bits per heavy atom. The number of unbranched alkanes of at least 4 members (excludes halogenated alkanes) is 5. The topological polar surface area (TPSA) is 21.3 Å². The summed E-state index contributed by atoms with van der Waals surface area (Å²) in [4.78, 5) is 0. The van der Waals surface area contributed by atoms with Crippen molar-refractivity contribution in [2.75, 3.05) is 20.2 Å². The third-order valence-corrected chi connectivity index (χ3v) is 4.36. The van der Waals surface area contributed by atoms with Gasteiger partial charge in [-0.15, -0.1) is 0 Å². The van der Waals surface area contributed by atoms with Gasteiger partial charge in [-0.1, -0.05) is 53.7 Å². The second-order valence-electron chi connectivity index (χ2n) is 5.73. The van der Waals surface area contributed by atoms with E-state index in [4.69, 9.17) is 4.74 Å². The highest BCUT2D eigenvalue weighted by atomic mass is 79.9. The molecule has 1 N–H and O–H groups in total. The van der Waals surface area contributed by atoms with Gasteiger partial charge in [0.1, 0.15) is 5.75 Å². The first-order valence-corrected chi connectivity index (χ1v) is 9.05. The summed E-state index contributed by atoms with van der Waals surface area (Å²) in [5.41, 5.74) is 0. The van der Waals surface area contributed by atoms with Crippen LogP contribution >= 0.6 is 15.9 Å². The minimum absolute atomic E-state index is 0.818. The average molecular weight is 364 g/mol. The number of hydrogen-bond acceptors (Lipinski definition) is 2. The van der Waals surface area contributed by atoms with Crippen LogP contribution in [0.4, 0.5) is 0 Å². The number of nitrogens with one attached hydrogen (secondary N) is 1. The van der Waals surface area contributed by atoms with Crippen LogP contribution in [0.3, 0.4) is 0 Å². The molecule has 0 saturated carbocycles. The third-order valence-electron chi connectivity index (χ3n) is 3.86. The molecule has 0 unspecified atom stereocenters. The van der Waals surface area contributed by atoms with Crippen molar-refractivity contribution in [3.05, 3.63) is 40.9 Å². The highest BCUT2D eigenvalue weighted by molar-refractivity contribution is 9.10. The Morgan fingerprint density at radius 1 is 0.864 bits per heavy atom. The summed E-state index contributed by atoms with van der Waals surface area (Å²) in [6, 6.07) is 12.6. The molecule has 0 amide bonds. The Bertz CT molecular complexity index is 570. The number of fused-ring (bicyclic) bond motifs is 1. The summed E-state index contributed by atoms with van der Waals surface area (Å²) in [5.74, 6) is 0.976. The summed E-state index contributed by atoms with van der Waals surface area (Å²) >= 11 is 3.50. The van der Waals surface area contributed by atoms with Crippen molar-refractivity contribution >= 4 is 26.7 Å². The van der Waals surface area contributed by atoms with Gasteiger partial charge in [-0.3, -0.25) is 0 Å². The molecular weight excluding hydrogens is 338 g/mol. The average Bonchev–Trinajstić information content (AvgIpc) is 2.53. The molecule has 0 heterocycles. The fourth-order valence-electron chi connectivity index (χ4n) is 2.59. The SMILES string of the molecule is CNCCCCCCCCOc1ccc2cc(Br)ccc2c1. The van der Waals surface area contributed by atoms with Gasteiger partial charge in [0.15, 0.2) is 0 Å². The van der Waals surface area contributed by atoms with Crippen LogP contribution in [-0.4, -0.2) is 20.2 Å². The van der Waals surface area contributed by atoms with Crippen LogP contribution in [0, 0.1) is 0 Å². The summed E-state index contributed by atoms with van der Waals surface area (Å²) < 4.78 is 6.98. The predicted molar refractivity (Wildman–Crippen MR) is 98.8 cm³/mol. The Hall–Kier alpha value is -1.06. The Kier molecular flexibility index (Phi) is 7.75.